The smallest absolute Gasteiger partial charge is 0.261 e. The molecule has 12 nitrogen and oxygen atoms in total. The molecule has 0 bridgehead atoms. The van der Waals surface area contributed by atoms with Gasteiger partial charge in [-0.1, -0.05) is 163 Å². The lowest BCUT2D eigenvalue weighted by Gasteiger charge is -2.46. The monoisotopic (exact) mass is 958 g/mol. The number of benzene rings is 4. The fraction of sp³-hybridized carbons (Fsp3) is 0.547. The van der Waals surface area contributed by atoms with E-state index in [1.165, 1.54) is 0 Å². The molecule has 4 aromatic rings. The summed E-state index contributed by atoms with van der Waals surface area (Å²) in [5.74, 6) is -1.55. The summed E-state index contributed by atoms with van der Waals surface area (Å²) >= 11 is 0. The predicted molar refractivity (Wildman–Crippen MR) is 263 cm³/mol. The molecule has 0 aromatic heterocycles. The molecule has 4 aliphatic rings. The van der Waals surface area contributed by atoms with Crippen LogP contribution in [-0.4, -0.2) is 127 Å². The SMILES string of the molecule is CO[C@H]1[C@H]2OC(C)(C)O[C@H]2O[C@@]1(CO[Si](c1ccccc1)(c1ccccc1)C(C)(C)C)[C@H](C)O.CO[C@H]1[C@H]2OC(C)(C)O[C@H]2O[C@]1(CO)CO[Si](c1ccccc1)(c1ccccc1)C(C)(C)C. The van der Waals surface area contributed by atoms with Gasteiger partial charge in [0.15, 0.2) is 24.2 Å². The number of aliphatic hydroxyl groups excluding tert-OH is 2. The Morgan fingerprint density at radius 2 is 0.866 bits per heavy atom. The van der Waals surface area contributed by atoms with E-state index in [4.69, 9.17) is 46.7 Å². The van der Waals surface area contributed by atoms with E-state index in [1.54, 1.807) is 21.1 Å². The molecule has 4 saturated heterocycles. The largest absolute Gasteiger partial charge is 0.404 e. The fourth-order valence-corrected chi connectivity index (χ4v) is 20.0. The van der Waals surface area contributed by atoms with Crippen LogP contribution in [0.4, 0.5) is 0 Å². The van der Waals surface area contributed by atoms with E-state index in [-0.39, 0.29) is 29.9 Å². The zero-order chi connectivity index (χ0) is 48.7. The van der Waals surface area contributed by atoms with Crippen molar-refractivity contribution in [2.45, 2.75) is 152 Å². The van der Waals surface area contributed by atoms with Crippen LogP contribution in [0.2, 0.25) is 10.1 Å². The van der Waals surface area contributed by atoms with Gasteiger partial charge in [-0.3, -0.25) is 0 Å². The lowest BCUT2D eigenvalue weighted by Crippen LogP contribution is -2.69. The van der Waals surface area contributed by atoms with Crippen LogP contribution in [0.25, 0.3) is 0 Å². The minimum atomic E-state index is -2.84. The highest BCUT2D eigenvalue weighted by Crippen LogP contribution is 2.48. The molecule has 67 heavy (non-hydrogen) atoms. The van der Waals surface area contributed by atoms with Crippen LogP contribution in [0.3, 0.4) is 0 Å². The molecule has 4 heterocycles. The lowest BCUT2D eigenvalue weighted by molar-refractivity contribution is -0.265. The number of hydrogen-bond acceptors (Lipinski definition) is 12. The summed E-state index contributed by atoms with van der Waals surface area (Å²) in [5, 5.41) is 25.9. The van der Waals surface area contributed by atoms with Crippen molar-refractivity contribution in [2.24, 2.45) is 0 Å². The highest BCUT2D eigenvalue weighted by Gasteiger charge is 2.66. The molecule has 2 N–H and O–H groups in total. The molecule has 0 saturated carbocycles. The number of ether oxygens (including phenoxy) is 8. The van der Waals surface area contributed by atoms with Crippen LogP contribution in [0.5, 0.6) is 0 Å². The van der Waals surface area contributed by atoms with E-state index in [0.29, 0.717) is 0 Å². The van der Waals surface area contributed by atoms with Gasteiger partial charge >= 0.3 is 0 Å². The number of fused-ring (bicyclic) bond motifs is 2. The van der Waals surface area contributed by atoms with Gasteiger partial charge in [0.05, 0.1) is 25.9 Å². The summed E-state index contributed by atoms with van der Waals surface area (Å²) in [7, 11) is -2.43. The van der Waals surface area contributed by atoms with Gasteiger partial charge < -0.3 is 57.0 Å². The van der Waals surface area contributed by atoms with Crippen LogP contribution in [0.15, 0.2) is 121 Å². The maximum absolute atomic E-state index is 11.0. The molecular weight excluding hydrogens is 885 g/mol. The quantitative estimate of drug-likeness (QED) is 0.143. The first kappa shape index (κ1) is 51.7. The van der Waals surface area contributed by atoms with Crippen LogP contribution < -0.4 is 20.7 Å². The summed E-state index contributed by atoms with van der Waals surface area (Å²) in [4.78, 5) is 0. The van der Waals surface area contributed by atoms with E-state index in [0.717, 1.165) is 20.7 Å². The van der Waals surface area contributed by atoms with Crippen molar-refractivity contribution in [3.63, 3.8) is 0 Å². The third kappa shape index (κ3) is 9.58. The predicted octanol–water partition coefficient (Wildman–Crippen LogP) is 6.02. The van der Waals surface area contributed by atoms with E-state index in [2.05, 4.69) is 139 Å². The maximum Gasteiger partial charge on any atom is 0.261 e. The van der Waals surface area contributed by atoms with Crippen molar-refractivity contribution in [3.05, 3.63) is 121 Å². The Morgan fingerprint density at radius 1 is 0.522 bits per heavy atom. The second-order valence-corrected chi connectivity index (χ2v) is 29.9. The van der Waals surface area contributed by atoms with Gasteiger partial charge in [-0.05, 0) is 65.4 Å². The first-order valence-corrected chi connectivity index (χ1v) is 27.3. The average molecular weight is 959 g/mol. The van der Waals surface area contributed by atoms with Crippen molar-refractivity contribution in [1.82, 2.24) is 0 Å². The molecule has 0 aliphatic carbocycles. The van der Waals surface area contributed by atoms with Crippen LogP contribution in [0, 0.1) is 0 Å². The van der Waals surface area contributed by atoms with Gasteiger partial charge in [-0.25, -0.2) is 0 Å². The first-order valence-electron chi connectivity index (χ1n) is 23.5. The first-order chi connectivity index (χ1) is 31.6. The molecule has 14 heteroatoms. The number of aliphatic hydroxyl groups is 2. The molecule has 0 amide bonds. The van der Waals surface area contributed by atoms with Crippen molar-refractivity contribution < 1.29 is 57.0 Å². The van der Waals surface area contributed by atoms with Gasteiger partial charge in [0.2, 0.25) is 0 Å². The summed E-state index contributed by atoms with van der Waals surface area (Å²) in [6.45, 7) is 22.5. The number of rotatable bonds is 14. The average Bonchev–Trinajstić information content (AvgIpc) is 3.95. The molecule has 366 valence electrons. The molecule has 9 atom stereocenters. The zero-order valence-corrected chi connectivity index (χ0v) is 43.7. The zero-order valence-electron chi connectivity index (χ0n) is 41.7. The van der Waals surface area contributed by atoms with Gasteiger partial charge in [0, 0.05) is 14.2 Å². The molecule has 4 aliphatic heterocycles. The Bertz CT molecular complexity index is 2120. The van der Waals surface area contributed by atoms with E-state index < -0.39 is 82.5 Å². The normalized spacial score (nSPS) is 29.5. The number of methoxy groups -OCH3 is 2. The maximum atomic E-state index is 11.0. The van der Waals surface area contributed by atoms with Crippen molar-refractivity contribution in [2.75, 3.05) is 34.0 Å². The highest BCUT2D eigenvalue weighted by atomic mass is 28.4. The van der Waals surface area contributed by atoms with Crippen LogP contribution in [-0.2, 0) is 46.7 Å². The summed E-state index contributed by atoms with van der Waals surface area (Å²) < 4.78 is 62.8. The molecule has 0 spiro atoms. The summed E-state index contributed by atoms with van der Waals surface area (Å²) in [6, 6.07) is 41.6. The van der Waals surface area contributed by atoms with E-state index in [1.807, 2.05) is 52.0 Å². The van der Waals surface area contributed by atoms with Crippen molar-refractivity contribution >= 4 is 37.4 Å². The number of hydrogen-bond donors (Lipinski definition) is 2. The second-order valence-electron chi connectivity index (χ2n) is 21.2. The van der Waals surface area contributed by atoms with Crippen molar-refractivity contribution in [1.29, 1.82) is 0 Å². The Hall–Kier alpha value is -3.17. The Labute approximate surface area is 400 Å². The standard InChI is InChI=1S/C27H38O6Si.C26H36O6Si/c1-19(28)27(23(29-7)22-24(33-27)32-26(5,6)31-22)18-30-34(25(2,3)4,20-14-10-8-11-15-20)21-16-12-9-13-17-21;1-24(2,3)33(19-13-9-7-10-14-19,20-15-11-8-12-16-20)29-18-26(17-27)22(28-6)21-23(32-26)31-25(4,5)30-21/h8-17,19,22-24,28H,18H2,1-7H3;7-16,21-23,27H,17-18H2,1-6H3/t19-,22+,23-,24-,27-;21-,22+,23+,26-/m01/s1. The molecule has 8 rings (SSSR count). The van der Waals surface area contributed by atoms with Crippen LogP contribution >= 0.6 is 0 Å². The van der Waals surface area contributed by atoms with E-state index in [9.17, 15) is 10.2 Å². The third-order valence-corrected chi connectivity index (χ3v) is 23.8. The third-order valence-electron chi connectivity index (χ3n) is 13.8. The Kier molecular flexibility index (Phi) is 15.1. The van der Waals surface area contributed by atoms with Gasteiger partial charge in [0.25, 0.3) is 16.6 Å². The van der Waals surface area contributed by atoms with Crippen molar-refractivity contribution in [3.8, 4) is 0 Å². The van der Waals surface area contributed by atoms with Gasteiger partial charge in [-0.15, -0.1) is 0 Å². The summed E-state index contributed by atoms with van der Waals surface area (Å²) in [6.07, 6.45) is -4.14. The molecular formula is C53H74O12Si2. The molecule has 0 radical (unpaired) electrons. The van der Waals surface area contributed by atoms with Crippen LogP contribution in [0.1, 0.15) is 76.2 Å². The fourth-order valence-electron chi connectivity index (χ4n) is 10.8. The van der Waals surface area contributed by atoms with E-state index >= 15 is 0 Å². The second kappa shape index (κ2) is 19.6. The topological polar surface area (TPSA) is 133 Å². The molecule has 4 fully saturated rings. The van der Waals surface area contributed by atoms with Gasteiger partial charge in [-0.2, -0.15) is 0 Å². The van der Waals surface area contributed by atoms with Gasteiger partial charge in [0.1, 0.15) is 35.6 Å². The highest BCUT2D eigenvalue weighted by molar-refractivity contribution is 7.00. The Morgan fingerprint density at radius 3 is 1.19 bits per heavy atom. The Balaban J connectivity index is 0.000000199. The lowest BCUT2D eigenvalue weighted by atomic mass is 9.91. The molecule has 0 unspecified atom stereocenters. The minimum absolute atomic E-state index is 0.136. The summed E-state index contributed by atoms with van der Waals surface area (Å²) in [5.41, 5.74) is -2.25. The molecule has 4 aromatic carbocycles. The minimum Gasteiger partial charge on any atom is -0.404 e.